The standard InChI is InChI=1S/C14H18N4OS/c1-14(4-8-19-9-5-14)10-18-12(16-17-13(18)20)11-2-6-15-7-3-11/h2-3,6-7H,4-5,8-10H2,1H3,(H,17,20). The van der Waals surface area contributed by atoms with Gasteiger partial charge >= 0.3 is 0 Å². The first-order chi connectivity index (χ1) is 9.68. The van der Waals surface area contributed by atoms with Crippen molar-refractivity contribution in [2.45, 2.75) is 26.3 Å². The van der Waals surface area contributed by atoms with Gasteiger partial charge < -0.3 is 4.74 Å². The zero-order valence-corrected chi connectivity index (χ0v) is 12.3. The lowest BCUT2D eigenvalue weighted by atomic mass is 9.82. The summed E-state index contributed by atoms with van der Waals surface area (Å²) in [7, 11) is 0. The number of H-pyrrole nitrogens is 1. The van der Waals surface area contributed by atoms with Crippen molar-refractivity contribution in [2.75, 3.05) is 13.2 Å². The number of rotatable bonds is 3. The molecule has 1 aliphatic heterocycles. The van der Waals surface area contributed by atoms with Crippen molar-refractivity contribution in [3.63, 3.8) is 0 Å². The summed E-state index contributed by atoms with van der Waals surface area (Å²) in [6.07, 6.45) is 5.65. The predicted molar refractivity (Wildman–Crippen MR) is 78.8 cm³/mol. The van der Waals surface area contributed by atoms with Crippen LogP contribution in [0.1, 0.15) is 19.8 Å². The maximum atomic E-state index is 5.46. The Bertz CT molecular complexity index is 628. The quantitative estimate of drug-likeness (QED) is 0.883. The van der Waals surface area contributed by atoms with Crippen molar-refractivity contribution in [1.82, 2.24) is 19.7 Å². The summed E-state index contributed by atoms with van der Waals surface area (Å²) in [5.41, 5.74) is 1.24. The van der Waals surface area contributed by atoms with E-state index in [2.05, 4.69) is 26.7 Å². The van der Waals surface area contributed by atoms with Crippen LogP contribution in [0.2, 0.25) is 0 Å². The fourth-order valence-electron chi connectivity index (χ4n) is 2.59. The van der Waals surface area contributed by atoms with Gasteiger partial charge in [-0.05, 0) is 42.6 Å². The van der Waals surface area contributed by atoms with Gasteiger partial charge in [0, 0.05) is 37.7 Å². The number of hydrogen-bond acceptors (Lipinski definition) is 4. The van der Waals surface area contributed by atoms with E-state index in [1.54, 1.807) is 12.4 Å². The molecule has 3 heterocycles. The number of nitrogens with zero attached hydrogens (tertiary/aromatic N) is 3. The molecule has 3 rings (SSSR count). The van der Waals surface area contributed by atoms with Gasteiger partial charge in [-0.25, -0.2) is 0 Å². The fourth-order valence-corrected chi connectivity index (χ4v) is 2.79. The van der Waals surface area contributed by atoms with E-state index in [-0.39, 0.29) is 5.41 Å². The number of aromatic nitrogens is 4. The highest BCUT2D eigenvalue weighted by molar-refractivity contribution is 7.71. The van der Waals surface area contributed by atoms with Gasteiger partial charge in [-0.3, -0.25) is 14.6 Å². The third-order valence-corrected chi connectivity index (χ3v) is 4.25. The summed E-state index contributed by atoms with van der Waals surface area (Å²) in [6.45, 7) is 4.81. The van der Waals surface area contributed by atoms with Gasteiger partial charge in [-0.15, -0.1) is 0 Å². The molecule has 5 nitrogen and oxygen atoms in total. The maximum Gasteiger partial charge on any atom is 0.195 e. The van der Waals surface area contributed by atoms with Crippen LogP contribution in [0.4, 0.5) is 0 Å². The van der Waals surface area contributed by atoms with E-state index in [1.165, 1.54) is 0 Å². The van der Waals surface area contributed by atoms with Crippen LogP contribution in [0, 0.1) is 10.2 Å². The van der Waals surface area contributed by atoms with Crippen LogP contribution in [0.5, 0.6) is 0 Å². The molecule has 1 saturated heterocycles. The largest absolute Gasteiger partial charge is 0.381 e. The zero-order chi connectivity index (χ0) is 14.0. The Balaban J connectivity index is 1.94. The number of pyridine rings is 1. The molecule has 0 spiro atoms. The minimum absolute atomic E-state index is 0.210. The molecule has 20 heavy (non-hydrogen) atoms. The first-order valence-electron chi connectivity index (χ1n) is 6.81. The average molecular weight is 290 g/mol. The molecule has 0 radical (unpaired) electrons. The monoisotopic (exact) mass is 290 g/mol. The normalized spacial score (nSPS) is 18.1. The number of ether oxygens (including phenoxy) is 1. The van der Waals surface area contributed by atoms with E-state index in [0.717, 1.165) is 44.0 Å². The molecular weight excluding hydrogens is 272 g/mol. The molecule has 2 aromatic heterocycles. The molecule has 0 bridgehead atoms. The second-order valence-corrected chi connectivity index (χ2v) is 5.98. The van der Waals surface area contributed by atoms with Gasteiger partial charge in [0.2, 0.25) is 0 Å². The van der Waals surface area contributed by atoms with E-state index in [4.69, 9.17) is 17.0 Å². The SMILES string of the molecule is CC1(Cn2c(-c3ccncc3)n[nH]c2=S)CCOCC1. The molecule has 0 aromatic carbocycles. The fraction of sp³-hybridized carbons (Fsp3) is 0.500. The molecule has 0 atom stereocenters. The summed E-state index contributed by atoms with van der Waals surface area (Å²) >= 11 is 5.39. The Morgan fingerprint density at radius 2 is 2.05 bits per heavy atom. The van der Waals surface area contributed by atoms with Crippen LogP contribution in [0.15, 0.2) is 24.5 Å². The van der Waals surface area contributed by atoms with Gasteiger partial charge in [0.15, 0.2) is 10.6 Å². The van der Waals surface area contributed by atoms with Crippen LogP contribution in [0.25, 0.3) is 11.4 Å². The van der Waals surface area contributed by atoms with Gasteiger partial charge in [0.1, 0.15) is 0 Å². The smallest absolute Gasteiger partial charge is 0.195 e. The Labute approximate surface area is 123 Å². The van der Waals surface area contributed by atoms with Crippen molar-refractivity contribution in [1.29, 1.82) is 0 Å². The van der Waals surface area contributed by atoms with Crippen molar-refractivity contribution in [3.8, 4) is 11.4 Å². The molecule has 0 unspecified atom stereocenters. The van der Waals surface area contributed by atoms with Crippen LogP contribution in [-0.2, 0) is 11.3 Å². The van der Waals surface area contributed by atoms with Crippen LogP contribution >= 0.6 is 12.2 Å². The molecule has 0 saturated carbocycles. The van der Waals surface area contributed by atoms with Crippen molar-refractivity contribution in [2.24, 2.45) is 5.41 Å². The third kappa shape index (κ3) is 2.66. The molecule has 6 heteroatoms. The number of nitrogens with one attached hydrogen (secondary N) is 1. The van der Waals surface area contributed by atoms with Gasteiger partial charge in [0.25, 0.3) is 0 Å². The van der Waals surface area contributed by atoms with Gasteiger partial charge in [-0.2, -0.15) is 5.10 Å². The van der Waals surface area contributed by atoms with Crippen molar-refractivity contribution in [3.05, 3.63) is 29.3 Å². The highest BCUT2D eigenvalue weighted by Gasteiger charge is 2.29. The van der Waals surface area contributed by atoms with Gasteiger partial charge in [0.05, 0.1) is 0 Å². The van der Waals surface area contributed by atoms with E-state index < -0.39 is 0 Å². The molecule has 1 fully saturated rings. The molecular formula is C14H18N4OS. The maximum absolute atomic E-state index is 5.46. The average Bonchev–Trinajstić information content (AvgIpc) is 2.81. The summed E-state index contributed by atoms with van der Waals surface area (Å²) < 4.78 is 8.23. The highest BCUT2D eigenvalue weighted by Crippen LogP contribution is 2.33. The van der Waals surface area contributed by atoms with Crippen LogP contribution in [0.3, 0.4) is 0 Å². The zero-order valence-electron chi connectivity index (χ0n) is 11.5. The number of hydrogen-bond donors (Lipinski definition) is 1. The van der Waals surface area contributed by atoms with E-state index >= 15 is 0 Å². The van der Waals surface area contributed by atoms with E-state index in [0.29, 0.717) is 4.77 Å². The Hall–Kier alpha value is -1.53. The second-order valence-electron chi connectivity index (χ2n) is 5.60. The Morgan fingerprint density at radius 1 is 1.35 bits per heavy atom. The summed E-state index contributed by atoms with van der Waals surface area (Å²) in [5, 5.41) is 7.28. The Kier molecular flexibility index (Phi) is 3.67. The van der Waals surface area contributed by atoms with E-state index in [1.807, 2.05) is 12.1 Å². The molecule has 0 aliphatic carbocycles. The minimum Gasteiger partial charge on any atom is -0.381 e. The second kappa shape index (κ2) is 5.46. The lowest BCUT2D eigenvalue weighted by molar-refractivity contribution is 0.0155. The molecule has 106 valence electrons. The summed E-state index contributed by atoms with van der Waals surface area (Å²) in [5.74, 6) is 0.880. The van der Waals surface area contributed by atoms with E-state index in [9.17, 15) is 0 Å². The first-order valence-corrected chi connectivity index (χ1v) is 7.22. The molecule has 2 aromatic rings. The third-order valence-electron chi connectivity index (χ3n) is 3.94. The molecule has 1 aliphatic rings. The van der Waals surface area contributed by atoms with Gasteiger partial charge in [-0.1, -0.05) is 6.92 Å². The summed E-state index contributed by atoms with van der Waals surface area (Å²) in [4.78, 5) is 4.05. The minimum atomic E-state index is 0.210. The molecule has 1 N–H and O–H groups in total. The first kappa shape index (κ1) is 13.5. The lowest BCUT2D eigenvalue weighted by Crippen LogP contribution is -2.31. The highest BCUT2D eigenvalue weighted by atomic mass is 32.1. The lowest BCUT2D eigenvalue weighted by Gasteiger charge is -2.34. The van der Waals surface area contributed by atoms with Crippen molar-refractivity contribution >= 4 is 12.2 Å². The topological polar surface area (TPSA) is 55.7 Å². The Morgan fingerprint density at radius 3 is 2.75 bits per heavy atom. The van der Waals surface area contributed by atoms with Crippen LogP contribution in [-0.4, -0.2) is 33.0 Å². The number of aromatic amines is 1. The van der Waals surface area contributed by atoms with Crippen LogP contribution < -0.4 is 0 Å². The summed E-state index contributed by atoms with van der Waals surface area (Å²) in [6, 6.07) is 3.90. The predicted octanol–water partition coefficient (Wildman–Crippen LogP) is 2.82. The molecule has 0 amide bonds. The van der Waals surface area contributed by atoms with Crippen molar-refractivity contribution < 1.29 is 4.74 Å².